The minimum absolute atomic E-state index is 0.0931. The lowest BCUT2D eigenvalue weighted by molar-refractivity contribution is 0.0994. The molecule has 2 aromatic rings. The first-order chi connectivity index (χ1) is 9.52. The van der Waals surface area contributed by atoms with E-state index in [4.69, 9.17) is 11.0 Å². The van der Waals surface area contributed by atoms with Gasteiger partial charge in [-0.3, -0.25) is 4.79 Å². The molecule has 20 heavy (non-hydrogen) atoms. The number of hydrogen-bond donors (Lipinski definition) is 1. The molecule has 100 valence electrons. The molecule has 1 amide bonds. The number of nitrogens with two attached hydrogens (primary N) is 1. The molecule has 0 atom stereocenters. The van der Waals surface area contributed by atoms with E-state index in [9.17, 15) is 9.18 Å². The van der Waals surface area contributed by atoms with Crippen LogP contribution in [-0.2, 0) is 0 Å². The van der Waals surface area contributed by atoms with Crippen LogP contribution in [0, 0.1) is 17.1 Å². The Kier molecular flexibility index (Phi) is 3.67. The van der Waals surface area contributed by atoms with Crippen molar-refractivity contribution in [2.45, 2.75) is 0 Å². The number of nitrogen functional groups attached to an aromatic ring is 1. The third kappa shape index (κ3) is 2.59. The van der Waals surface area contributed by atoms with Gasteiger partial charge in [0.05, 0.1) is 17.2 Å². The van der Waals surface area contributed by atoms with E-state index >= 15 is 0 Å². The summed E-state index contributed by atoms with van der Waals surface area (Å²) in [4.78, 5) is 13.7. The van der Waals surface area contributed by atoms with Crippen LogP contribution < -0.4 is 10.6 Å². The summed E-state index contributed by atoms with van der Waals surface area (Å²) in [6.07, 6.45) is 0. The van der Waals surface area contributed by atoms with Gasteiger partial charge in [0.1, 0.15) is 5.82 Å². The Bertz CT molecular complexity index is 689. The van der Waals surface area contributed by atoms with Gasteiger partial charge in [-0.15, -0.1) is 0 Å². The minimum Gasteiger partial charge on any atom is -0.398 e. The number of anilines is 2. The van der Waals surface area contributed by atoms with Gasteiger partial charge in [-0.2, -0.15) is 5.26 Å². The fraction of sp³-hybridized carbons (Fsp3) is 0.0667. The molecule has 0 saturated carbocycles. The second-order valence-electron chi connectivity index (χ2n) is 4.25. The molecular weight excluding hydrogens is 257 g/mol. The zero-order valence-corrected chi connectivity index (χ0v) is 10.8. The number of benzene rings is 2. The fourth-order valence-electron chi connectivity index (χ4n) is 1.79. The topological polar surface area (TPSA) is 70.1 Å². The quantitative estimate of drug-likeness (QED) is 0.852. The summed E-state index contributed by atoms with van der Waals surface area (Å²) in [5.41, 5.74) is 7.11. The van der Waals surface area contributed by atoms with Crippen LogP contribution >= 0.6 is 0 Å². The molecule has 0 bridgehead atoms. The van der Waals surface area contributed by atoms with E-state index in [0.717, 1.165) is 6.07 Å². The number of carbonyl (C=O) groups is 1. The zero-order valence-electron chi connectivity index (χ0n) is 10.8. The maximum Gasteiger partial charge on any atom is 0.260 e. The second kappa shape index (κ2) is 5.41. The van der Waals surface area contributed by atoms with Crippen molar-refractivity contribution in [1.29, 1.82) is 5.26 Å². The van der Waals surface area contributed by atoms with Crippen molar-refractivity contribution in [2.24, 2.45) is 0 Å². The lowest BCUT2D eigenvalue weighted by Crippen LogP contribution is -2.27. The van der Waals surface area contributed by atoms with Crippen molar-refractivity contribution in [3.05, 3.63) is 59.4 Å². The van der Waals surface area contributed by atoms with Crippen molar-refractivity contribution in [2.75, 3.05) is 17.7 Å². The van der Waals surface area contributed by atoms with Gasteiger partial charge in [0.15, 0.2) is 0 Å². The van der Waals surface area contributed by atoms with Gasteiger partial charge in [-0.1, -0.05) is 0 Å². The highest BCUT2D eigenvalue weighted by Crippen LogP contribution is 2.20. The van der Waals surface area contributed by atoms with Gasteiger partial charge in [-0.25, -0.2) is 4.39 Å². The van der Waals surface area contributed by atoms with E-state index in [1.54, 1.807) is 31.3 Å². The highest BCUT2D eigenvalue weighted by molar-refractivity contribution is 6.08. The van der Waals surface area contributed by atoms with Crippen molar-refractivity contribution < 1.29 is 9.18 Å². The summed E-state index contributed by atoms with van der Waals surface area (Å²) >= 11 is 0. The van der Waals surface area contributed by atoms with Crippen molar-refractivity contribution in [3.8, 4) is 6.07 Å². The van der Waals surface area contributed by atoms with E-state index in [0.29, 0.717) is 11.3 Å². The SMILES string of the molecule is CN(C(=O)c1ccc(F)cc1N)c1ccc(C#N)cc1. The lowest BCUT2D eigenvalue weighted by atomic mass is 10.1. The first-order valence-electron chi connectivity index (χ1n) is 5.86. The highest BCUT2D eigenvalue weighted by atomic mass is 19.1. The zero-order chi connectivity index (χ0) is 14.7. The molecule has 0 heterocycles. The number of halogens is 1. The summed E-state index contributed by atoms with van der Waals surface area (Å²) in [5, 5.41) is 8.73. The Balaban J connectivity index is 2.30. The fourth-order valence-corrected chi connectivity index (χ4v) is 1.79. The number of nitriles is 1. The highest BCUT2D eigenvalue weighted by Gasteiger charge is 2.16. The van der Waals surface area contributed by atoms with Crippen LogP contribution in [0.5, 0.6) is 0 Å². The van der Waals surface area contributed by atoms with Gasteiger partial charge in [-0.05, 0) is 42.5 Å². The molecule has 5 heteroatoms. The second-order valence-corrected chi connectivity index (χ2v) is 4.25. The van der Waals surface area contributed by atoms with Crippen LogP contribution in [-0.4, -0.2) is 13.0 Å². The number of nitrogens with zero attached hydrogens (tertiary/aromatic N) is 2. The Morgan fingerprint density at radius 2 is 1.90 bits per heavy atom. The van der Waals surface area contributed by atoms with Crippen LogP contribution in [0.15, 0.2) is 42.5 Å². The van der Waals surface area contributed by atoms with E-state index in [2.05, 4.69) is 0 Å². The van der Waals surface area contributed by atoms with Gasteiger partial charge >= 0.3 is 0 Å². The van der Waals surface area contributed by atoms with Crippen LogP contribution in [0.2, 0.25) is 0 Å². The summed E-state index contributed by atoms with van der Waals surface area (Å²) < 4.78 is 13.0. The molecule has 0 radical (unpaired) electrons. The maximum atomic E-state index is 13.0. The monoisotopic (exact) mass is 269 g/mol. The summed E-state index contributed by atoms with van der Waals surface area (Å²) in [7, 11) is 1.59. The Hall–Kier alpha value is -2.87. The average molecular weight is 269 g/mol. The molecule has 0 unspecified atom stereocenters. The van der Waals surface area contributed by atoms with Gasteiger partial charge in [0, 0.05) is 18.4 Å². The van der Waals surface area contributed by atoms with E-state index in [1.165, 1.54) is 17.0 Å². The molecule has 4 nitrogen and oxygen atoms in total. The third-order valence-corrected chi connectivity index (χ3v) is 2.93. The number of rotatable bonds is 2. The van der Waals surface area contributed by atoms with Gasteiger partial charge in [0.25, 0.3) is 5.91 Å². The summed E-state index contributed by atoms with van der Waals surface area (Å²) in [6.45, 7) is 0. The first-order valence-corrected chi connectivity index (χ1v) is 5.86. The molecule has 0 aliphatic rings. The molecule has 2 N–H and O–H groups in total. The lowest BCUT2D eigenvalue weighted by Gasteiger charge is -2.18. The Morgan fingerprint density at radius 3 is 2.45 bits per heavy atom. The molecule has 0 fully saturated rings. The number of carbonyl (C=O) groups excluding carboxylic acids is 1. The van der Waals surface area contributed by atoms with Crippen LogP contribution in [0.4, 0.5) is 15.8 Å². The largest absolute Gasteiger partial charge is 0.398 e. The molecule has 0 aromatic heterocycles. The van der Waals surface area contributed by atoms with E-state index < -0.39 is 5.82 Å². The molecule has 0 spiro atoms. The average Bonchev–Trinajstić information content (AvgIpc) is 2.46. The number of amides is 1. The van der Waals surface area contributed by atoms with Crippen LogP contribution in [0.25, 0.3) is 0 Å². The Labute approximate surface area is 115 Å². The van der Waals surface area contributed by atoms with Crippen molar-refractivity contribution >= 4 is 17.3 Å². The molecule has 0 aliphatic heterocycles. The molecule has 0 saturated heterocycles. The predicted molar refractivity (Wildman–Crippen MR) is 74.7 cm³/mol. The molecule has 2 rings (SSSR count). The first kappa shape index (κ1) is 13.6. The van der Waals surface area contributed by atoms with E-state index in [-0.39, 0.29) is 17.2 Å². The number of hydrogen-bond acceptors (Lipinski definition) is 3. The van der Waals surface area contributed by atoms with Crippen LogP contribution in [0.3, 0.4) is 0 Å². The van der Waals surface area contributed by atoms with Crippen LogP contribution in [0.1, 0.15) is 15.9 Å². The molecular formula is C15H12FN3O. The van der Waals surface area contributed by atoms with Crippen molar-refractivity contribution in [1.82, 2.24) is 0 Å². The van der Waals surface area contributed by atoms with Crippen molar-refractivity contribution in [3.63, 3.8) is 0 Å². The smallest absolute Gasteiger partial charge is 0.260 e. The molecule has 2 aromatic carbocycles. The Morgan fingerprint density at radius 1 is 1.25 bits per heavy atom. The summed E-state index contributed by atoms with van der Waals surface area (Å²) in [6, 6.07) is 12.2. The van der Waals surface area contributed by atoms with E-state index in [1.807, 2.05) is 6.07 Å². The van der Waals surface area contributed by atoms with Gasteiger partial charge < -0.3 is 10.6 Å². The van der Waals surface area contributed by atoms with Gasteiger partial charge in [0.2, 0.25) is 0 Å². The standard InChI is InChI=1S/C15H12FN3O/c1-19(12-5-2-10(9-17)3-6-12)15(20)13-7-4-11(16)8-14(13)18/h2-8H,18H2,1H3. The maximum absolute atomic E-state index is 13.0. The molecule has 0 aliphatic carbocycles. The third-order valence-electron chi connectivity index (χ3n) is 2.93. The predicted octanol–water partition coefficient (Wildman–Crippen LogP) is 2.56. The summed E-state index contributed by atoms with van der Waals surface area (Å²) in [5.74, 6) is -0.827. The minimum atomic E-state index is -0.486. The normalized spacial score (nSPS) is 9.85.